The van der Waals surface area contributed by atoms with E-state index in [2.05, 4.69) is 10.4 Å². The number of carbonyl (C=O) groups is 2. The number of hydrogen-bond donors (Lipinski definition) is 1. The van der Waals surface area contributed by atoms with Crippen molar-refractivity contribution >= 4 is 27.5 Å². The molecule has 150 valence electrons. The maximum absolute atomic E-state index is 12.2. The quantitative estimate of drug-likeness (QED) is 0.731. The Kier molecular flexibility index (Phi) is 5.83. The summed E-state index contributed by atoms with van der Waals surface area (Å²) in [4.78, 5) is 24.2. The van der Waals surface area contributed by atoms with Crippen LogP contribution in [-0.4, -0.2) is 48.2 Å². The van der Waals surface area contributed by atoms with Gasteiger partial charge >= 0.3 is 5.97 Å². The number of benzene rings is 1. The van der Waals surface area contributed by atoms with Crippen molar-refractivity contribution in [2.45, 2.75) is 32.7 Å². The molecular weight excluding hydrogens is 382 g/mol. The van der Waals surface area contributed by atoms with Gasteiger partial charge in [0, 0.05) is 6.07 Å². The van der Waals surface area contributed by atoms with Gasteiger partial charge in [0.15, 0.2) is 16.4 Å². The number of esters is 1. The van der Waals surface area contributed by atoms with Gasteiger partial charge < -0.3 is 10.1 Å². The lowest BCUT2D eigenvalue weighted by molar-refractivity contribution is -0.146. The van der Waals surface area contributed by atoms with Crippen LogP contribution in [0.5, 0.6) is 0 Å². The largest absolute Gasteiger partial charge is 0.455 e. The molecule has 1 aliphatic rings. The predicted molar refractivity (Wildman–Crippen MR) is 104 cm³/mol. The molecule has 0 saturated carbocycles. The molecule has 2 aromatic rings. The molecule has 1 fully saturated rings. The van der Waals surface area contributed by atoms with Gasteiger partial charge in [-0.3, -0.25) is 9.59 Å². The van der Waals surface area contributed by atoms with Gasteiger partial charge in [-0.2, -0.15) is 5.10 Å². The minimum atomic E-state index is -3.08. The minimum Gasteiger partial charge on any atom is -0.455 e. The summed E-state index contributed by atoms with van der Waals surface area (Å²) in [5.74, 6) is -0.473. The van der Waals surface area contributed by atoms with Crippen molar-refractivity contribution in [3.8, 4) is 0 Å². The Morgan fingerprint density at radius 3 is 2.71 bits per heavy atom. The van der Waals surface area contributed by atoms with E-state index < -0.39 is 28.3 Å². The third-order valence-corrected chi connectivity index (χ3v) is 6.39. The number of nitrogens with zero attached hydrogens (tertiary/aromatic N) is 2. The van der Waals surface area contributed by atoms with E-state index in [9.17, 15) is 18.0 Å². The molecule has 1 amide bonds. The van der Waals surface area contributed by atoms with Gasteiger partial charge in [-0.15, -0.1) is 0 Å². The molecule has 3 rings (SSSR count). The minimum absolute atomic E-state index is 0.00238. The molecule has 0 aliphatic carbocycles. The first-order valence-electron chi connectivity index (χ1n) is 9.00. The monoisotopic (exact) mass is 405 g/mol. The number of sulfone groups is 1. The van der Waals surface area contributed by atoms with E-state index >= 15 is 0 Å². The Morgan fingerprint density at radius 1 is 1.29 bits per heavy atom. The average Bonchev–Trinajstić information content (AvgIpc) is 3.16. The lowest BCUT2D eigenvalue weighted by Crippen LogP contribution is -2.24. The molecule has 1 unspecified atom stereocenters. The first-order chi connectivity index (χ1) is 13.2. The summed E-state index contributed by atoms with van der Waals surface area (Å²) in [5, 5.41) is 6.96. The molecule has 9 heteroatoms. The Bertz CT molecular complexity index is 997. The van der Waals surface area contributed by atoms with Crippen molar-refractivity contribution in [1.29, 1.82) is 0 Å². The molecule has 1 saturated heterocycles. The maximum atomic E-state index is 12.2. The first kappa shape index (κ1) is 20.1. The molecule has 0 radical (unpaired) electrons. The molecule has 1 aromatic heterocycles. The van der Waals surface area contributed by atoms with Crippen LogP contribution >= 0.6 is 0 Å². The van der Waals surface area contributed by atoms with Crippen LogP contribution in [0.4, 0.5) is 5.82 Å². The number of carbonyl (C=O) groups excluding carboxylic acids is 2. The van der Waals surface area contributed by atoms with Crippen LogP contribution in [0.25, 0.3) is 0 Å². The molecule has 0 bridgehead atoms. The third kappa shape index (κ3) is 4.98. The standard InChI is InChI=1S/C19H23N3O5S/c1-13-5-3-4-6-15(13)10-19(24)27-11-18(23)20-17-9-14(2)21-22(17)16-7-8-28(25,26)12-16/h3-6,9,16H,7-8,10-12H2,1-2H3,(H,20,23). The second-order valence-electron chi connectivity index (χ2n) is 6.98. The van der Waals surface area contributed by atoms with Crippen molar-refractivity contribution in [2.24, 2.45) is 0 Å². The van der Waals surface area contributed by atoms with E-state index in [1.807, 2.05) is 31.2 Å². The van der Waals surface area contributed by atoms with Crippen molar-refractivity contribution in [3.63, 3.8) is 0 Å². The van der Waals surface area contributed by atoms with E-state index in [-0.39, 0.29) is 24.0 Å². The highest BCUT2D eigenvalue weighted by molar-refractivity contribution is 7.91. The average molecular weight is 405 g/mol. The van der Waals surface area contributed by atoms with Gasteiger partial charge in [0.05, 0.1) is 29.7 Å². The highest BCUT2D eigenvalue weighted by Crippen LogP contribution is 2.27. The summed E-state index contributed by atoms with van der Waals surface area (Å²) in [6, 6.07) is 8.83. The van der Waals surface area contributed by atoms with Crippen molar-refractivity contribution in [2.75, 3.05) is 23.4 Å². The van der Waals surface area contributed by atoms with Crippen molar-refractivity contribution in [1.82, 2.24) is 9.78 Å². The fourth-order valence-corrected chi connectivity index (χ4v) is 4.89. The lowest BCUT2D eigenvalue weighted by Gasteiger charge is -2.14. The van der Waals surface area contributed by atoms with Crippen LogP contribution in [-0.2, 0) is 30.6 Å². The number of nitrogens with one attached hydrogen (secondary N) is 1. The fraction of sp³-hybridized carbons (Fsp3) is 0.421. The molecule has 2 heterocycles. The number of amides is 1. The molecule has 1 aliphatic heterocycles. The number of anilines is 1. The lowest BCUT2D eigenvalue weighted by atomic mass is 10.1. The molecule has 1 aromatic carbocycles. The third-order valence-electron chi connectivity index (χ3n) is 4.64. The number of aryl methyl sites for hydroxylation is 2. The summed E-state index contributed by atoms with van der Waals surface area (Å²) >= 11 is 0. The Balaban J connectivity index is 1.57. The van der Waals surface area contributed by atoms with Crippen LogP contribution in [0, 0.1) is 13.8 Å². The van der Waals surface area contributed by atoms with Gasteiger partial charge in [-0.1, -0.05) is 24.3 Å². The van der Waals surface area contributed by atoms with Crippen LogP contribution in [0.15, 0.2) is 30.3 Å². The highest BCUT2D eigenvalue weighted by Gasteiger charge is 2.31. The van der Waals surface area contributed by atoms with Crippen LogP contribution in [0.3, 0.4) is 0 Å². The molecule has 8 nitrogen and oxygen atoms in total. The van der Waals surface area contributed by atoms with Gasteiger partial charge in [0.1, 0.15) is 5.82 Å². The van der Waals surface area contributed by atoms with E-state index in [4.69, 9.17) is 4.74 Å². The molecular formula is C19H23N3O5S. The van der Waals surface area contributed by atoms with Gasteiger partial charge in [0.25, 0.3) is 5.91 Å². The number of rotatable bonds is 6. The number of ether oxygens (including phenoxy) is 1. The fourth-order valence-electron chi connectivity index (χ4n) is 3.20. The van der Waals surface area contributed by atoms with E-state index in [0.29, 0.717) is 17.9 Å². The molecule has 0 spiro atoms. The van der Waals surface area contributed by atoms with Crippen LogP contribution in [0.2, 0.25) is 0 Å². The number of hydrogen-bond acceptors (Lipinski definition) is 6. The second-order valence-corrected chi connectivity index (χ2v) is 9.21. The number of aromatic nitrogens is 2. The van der Waals surface area contributed by atoms with Crippen LogP contribution < -0.4 is 5.32 Å². The Labute approximate surface area is 163 Å². The topological polar surface area (TPSA) is 107 Å². The predicted octanol–water partition coefficient (Wildman–Crippen LogP) is 1.58. The normalized spacial score (nSPS) is 18.0. The summed E-state index contributed by atoms with van der Waals surface area (Å²) in [6.45, 7) is 3.25. The second kappa shape index (κ2) is 8.14. The Hall–Kier alpha value is -2.68. The maximum Gasteiger partial charge on any atom is 0.310 e. The van der Waals surface area contributed by atoms with Crippen molar-refractivity contribution < 1.29 is 22.7 Å². The summed E-state index contributed by atoms with van der Waals surface area (Å²) in [6.07, 6.45) is 0.550. The van der Waals surface area contributed by atoms with Crippen molar-refractivity contribution in [3.05, 3.63) is 47.2 Å². The van der Waals surface area contributed by atoms with E-state index in [1.165, 1.54) is 4.68 Å². The zero-order valence-electron chi connectivity index (χ0n) is 15.8. The summed E-state index contributed by atoms with van der Waals surface area (Å²) in [7, 11) is -3.08. The summed E-state index contributed by atoms with van der Waals surface area (Å²) in [5.41, 5.74) is 2.50. The SMILES string of the molecule is Cc1cc(NC(=O)COC(=O)Cc2ccccc2C)n(C2CCS(=O)(=O)C2)n1. The van der Waals surface area contributed by atoms with Gasteiger partial charge in [-0.25, -0.2) is 13.1 Å². The van der Waals surface area contributed by atoms with E-state index in [1.54, 1.807) is 13.0 Å². The first-order valence-corrected chi connectivity index (χ1v) is 10.8. The zero-order valence-corrected chi connectivity index (χ0v) is 16.7. The molecule has 1 N–H and O–H groups in total. The van der Waals surface area contributed by atoms with Gasteiger partial charge in [0.2, 0.25) is 0 Å². The van der Waals surface area contributed by atoms with E-state index in [0.717, 1.165) is 11.1 Å². The highest BCUT2D eigenvalue weighted by atomic mass is 32.2. The van der Waals surface area contributed by atoms with Gasteiger partial charge in [-0.05, 0) is 31.4 Å². The molecule has 1 atom stereocenters. The Morgan fingerprint density at radius 2 is 2.04 bits per heavy atom. The summed E-state index contributed by atoms with van der Waals surface area (Å²) < 4.78 is 30.0. The zero-order chi connectivity index (χ0) is 20.3. The smallest absolute Gasteiger partial charge is 0.310 e. The van der Waals surface area contributed by atoms with Crippen LogP contribution in [0.1, 0.15) is 29.3 Å². The molecule has 28 heavy (non-hydrogen) atoms.